The molecule has 5 nitrogen and oxygen atoms in total. The minimum absolute atomic E-state index is 0.581. The van der Waals surface area contributed by atoms with Crippen molar-refractivity contribution in [2.24, 2.45) is 0 Å². The predicted octanol–water partition coefficient (Wildman–Crippen LogP) is 1.99. The van der Waals surface area contributed by atoms with Gasteiger partial charge in [-0.3, -0.25) is 5.41 Å². The van der Waals surface area contributed by atoms with Crippen molar-refractivity contribution in [1.29, 1.82) is 5.41 Å². The number of nitrogens with zero attached hydrogens (tertiary/aromatic N) is 4. The minimum Gasteiger partial charge on any atom is -0.357 e. The molecular weight excluding hydrogens is 238 g/mol. The summed E-state index contributed by atoms with van der Waals surface area (Å²) in [6.45, 7) is 6.55. The topological polar surface area (TPSA) is 57.8 Å². The van der Waals surface area contributed by atoms with E-state index in [9.17, 15) is 0 Å². The summed E-state index contributed by atoms with van der Waals surface area (Å²) in [6, 6.07) is 8.06. The lowest BCUT2D eigenvalue weighted by atomic mass is 10.1. The van der Waals surface area contributed by atoms with Gasteiger partial charge in [-0.15, -0.1) is 0 Å². The zero-order chi connectivity index (χ0) is 13.7. The zero-order valence-corrected chi connectivity index (χ0v) is 11.4. The monoisotopic (exact) mass is 257 g/mol. The van der Waals surface area contributed by atoms with Gasteiger partial charge in [0, 0.05) is 18.7 Å². The van der Waals surface area contributed by atoms with Crippen LogP contribution in [0.1, 0.15) is 25.0 Å². The Morgan fingerprint density at radius 2 is 1.89 bits per heavy atom. The molecule has 1 aromatic heterocycles. The van der Waals surface area contributed by atoms with Crippen LogP contribution < -0.4 is 0 Å². The first-order valence-corrected chi connectivity index (χ1v) is 6.49. The molecule has 1 N–H and O–H groups in total. The van der Waals surface area contributed by atoms with Crippen molar-refractivity contribution in [2.75, 3.05) is 13.1 Å². The smallest absolute Gasteiger partial charge is 0.137 e. The SMILES string of the molecule is CCN(CC)C(=N)c1ccc(Cn2cncn2)cc1. The lowest BCUT2D eigenvalue weighted by Gasteiger charge is -2.21. The highest BCUT2D eigenvalue weighted by molar-refractivity contribution is 5.96. The van der Waals surface area contributed by atoms with Gasteiger partial charge in [0.1, 0.15) is 18.5 Å². The Morgan fingerprint density at radius 1 is 1.21 bits per heavy atom. The molecule has 2 aromatic rings. The van der Waals surface area contributed by atoms with Crippen LogP contribution in [0.25, 0.3) is 0 Å². The third kappa shape index (κ3) is 3.19. The molecule has 0 amide bonds. The summed E-state index contributed by atoms with van der Waals surface area (Å²) in [4.78, 5) is 5.95. The number of rotatable bonds is 5. The lowest BCUT2D eigenvalue weighted by molar-refractivity contribution is 0.463. The van der Waals surface area contributed by atoms with Gasteiger partial charge in [0.2, 0.25) is 0 Å². The summed E-state index contributed by atoms with van der Waals surface area (Å²) in [5.41, 5.74) is 2.10. The molecule has 0 saturated heterocycles. The Kier molecular flexibility index (Phi) is 4.28. The Balaban J connectivity index is 2.07. The second kappa shape index (κ2) is 6.13. The van der Waals surface area contributed by atoms with Crippen LogP contribution in [0.3, 0.4) is 0 Å². The fraction of sp³-hybridized carbons (Fsp3) is 0.357. The van der Waals surface area contributed by atoms with E-state index in [0.29, 0.717) is 12.4 Å². The lowest BCUT2D eigenvalue weighted by Crippen LogP contribution is -2.30. The van der Waals surface area contributed by atoms with Crippen LogP contribution in [0.15, 0.2) is 36.9 Å². The molecule has 0 saturated carbocycles. The summed E-state index contributed by atoms with van der Waals surface area (Å²) in [5, 5.41) is 12.2. The van der Waals surface area contributed by atoms with E-state index in [1.54, 1.807) is 11.0 Å². The first kappa shape index (κ1) is 13.3. The van der Waals surface area contributed by atoms with Crippen LogP contribution in [0.2, 0.25) is 0 Å². The summed E-state index contributed by atoms with van der Waals surface area (Å²) in [7, 11) is 0. The molecule has 0 atom stereocenters. The van der Waals surface area contributed by atoms with Crippen LogP contribution in [0.5, 0.6) is 0 Å². The van der Waals surface area contributed by atoms with Crippen molar-refractivity contribution in [3.05, 3.63) is 48.0 Å². The Bertz CT molecular complexity index is 511. The van der Waals surface area contributed by atoms with Gasteiger partial charge < -0.3 is 4.90 Å². The molecule has 5 heteroatoms. The van der Waals surface area contributed by atoms with E-state index in [4.69, 9.17) is 5.41 Å². The van der Waals surface area contributed by atoms with Crippen molar-refractivity contribution in [3.63, 3.8) is 0 Å². The molecule has 0 aliphatic heterocycles. The molecule has 0 aliphatic rings. The van der Waals surface area contributed by atoms with E-state index in [2.05, 4.69) is 23.9 Å². The van der Waals surface area contributed by atoms with Gasteiger partial charge in [0.15, 0.2) is 0 Å². The van der Waals surface area contributed by atoms with Gasteiger partial charge in [-0.05, 0) is 19.4 Å². The maximum Gasteiger partial charge on any atom is 0.137 e. The number of aromatic nitrogens is 3. The molecular formula is C14H19N5. The second-order valence-electron chi connectivity index (χ2n) is 4.31. The molecule has 2 rings (SSSR count). The maximum absolute atomic E-state index is 8.15. The third-order valence-corrected chi connectivity index (χ3v) is 3.12. The van der Waals surface area contributed by atoms with Crippen molar-refractivity contribution in [1.82, 2.24) is 19.7 Å². The highest BCUT2D eigenvalue weighted by atomic mass is 15.3. The largest absolute Gasteiger partial charge is 0.357 e. The van der Waals surface area contributed by atoms with E-state index in [-0.39, 0.29) is 0 Å². The summed E-state index contributed by atoms with van der Waals surface area (Å²) in [5.74, 6) is 0.581. The van der Waals surface area contributed by atoms with Crippen molar-refractivity contribution in [2.45, 2.75) is 20.4 Å². The molecule has 19 heavy (non-hydrogen) atoms. The molecule has 0 fully saturated rings. The highest BCUT2D eigenvalue weighted by Crippen LogP contribution is 2.08. The number of benzene rings is 1. The van der Waals surface area contributed by atoms with E-state index in [1.165, 1.54) is 6.33 Å². The Morgan fingerprint density at radius 3 is 2.42 bits per heavy atom. The van der Waals surface area contributed by atoms with Crippen LogP contribution >= 0.6 is 0 Å². The van der Waals surface area contributed by atoms with Crippen molar-refractivity contribution >= 4 is 5.84 Å². The van der Waals surface area contributed by atoms with Crippen molar-refractivity contribution < 1.29 is 0 Å². The average Bonchev–Trinajstić information content (AvgIpc) is 2.94. The Labute approximate surface area is 113 Å². The quantitative estimate of drug-likeness (QED) is 0.658. The van der Waals surface area contributed by atoms with E-state index < -0.39 is 0 Å². The Hall–Kier alpha value is -2.17. The summed E-state index contributed by atoms with van der Waals surface area (Å²) >= 11 is 0. The molecule has 1 aromatic carbocycles. The zero-order valence-electron chi connectivity index (χ0n) is 11.4. The normalized spacial score (nSPS) is 10.4. The minimum atomic E-state index is 0.581. The first-order valence-electron chi connectivity index (χ1n) is 6.49. The van der Waals surface area contributed by atoms with Crippen LogP contribution in [0, 0.1) is 5.41 Å². The van der Waals surface area contributed by atoms with Gasteiger partial charge in [0.05, 0.1) is 6.54 Å². The van der Waals surface area contributed by atoms with Gasteiger partial charge in [-0.25, -0.2) is 9.67 Å². The summed E-state index contributed by atoms with van der Waals surface area (Å²) in [6.07, 6.45) is 3.23. The van der Waals surface area contributed by atoms with Gasteiger partial charge in [-0.1, -0.05) is 24.3 Å². The van der Waals surface area contributed by atoms with Gasteiger partial charge >= 0.3 is 0 Å². The van der Waals surface area contributed by atoms with Crippen molar-refractivity contribution in [3.8, 4) is 0 Å². The number of nitrogens with one attached hydrogen (secondary N) is 1. The van der Waals surface area contributed by atoms with Gasteiger partial charge in [0.25, 0.3) is 0 Å². The second-order valence-corrected chi connectivity index (χ2v) is 4.31. The molecule has 0 aliphatic carbocycles. The maximum atomic E-state index is 8.15. The summed E-state index contributed by atoms with van der Waals surface area (Å²) < 4.78 is 1.78. The van der Waals surface area contributed by atoms with E-state index in [0.717, 1.165) is 24.2 Å². The number of hydrogen-bond acceptors (Lipinski definition) is 3. The highest BCUT2D eigenvalue weighted by Gasteiger charge is 2.07. The third-order valence-electron chi connectivity index (χ3n) is 3.12. The van der Waals surface area contributed by atoms with Crippen LogP contribution in [-0.4, -0.2) is 38.6 Å². The first-order chi connectivity index (χ1) is 9.24. The fourth-order valence-electron chi connectivity index (χ4n) is 1.99. The number of hydrogen-bond donors (Lipinski definition) is 1. The molecule has 0 unspecified atom stereocenters. The van der Waals surface area contributed by atoms with Crippen LogP contribution in [0.4, 0.5) is 0 Å². The molecule has 0 radical (unpaired) electrons. The van der Waals surface area contributed by atoms with Crippen LogP contribution in [-0.2, 0) is 6.54 Å². The molecule has 0 spiro atoms. The van der Waals surface area contributed by atoms with E-state index >= 15 is 0 Å². The molecule has 100 valence electrons. The molecule has 0 bridgehead atoms. The number of amidine groups is 1. The average molecular weight is 257 g/mol. The van der Waals surface area contributed by atoms with Gasteiger partial charge in [-0.2, -0.15) is 5.10 Å². The fourth-order valence-corrected chi connectivity index (χ4v) is 1.99. The predicted molar refractivity (Wildman–Crippen MR) is 75.3 cm³/mol. The molecule has 1 heterocycles. The van der Waals surface area contributed by atoms with E-state index in [1.807, 2.05) is 29.2 Å². The standard InChI is InChI=1S/C14H19N5/c1-3-18(4-2)14(15)13-7-5-12(6-8-13)9-19-11-16-10-17-19/h5-8,10-11,15H,3-4,9H2,1-2H3.